The van der Waals surface area contributed by atoms with Crippen LogP contribution in [0.5, 0.6) is 0 Å². The van der Waals surface area contributed by atoms with Gasteiger partial charge < -0.3 is 14.2 Å². The van der Waals surface area contributed by atoms with Crippen molar-refractivity contribution in [2.45, 2.75) is 290 Å². The van der Waals surface area contributed by atoms with Gasteiger partial charge in [-0.2, -0.15) is 0 Å². The van der Waals surface area contributed by atoms with Crippen LogP contribution in [0.4, 0.5) is 0 Å². The third-order valence-corrected chi connectivity index (χ3v) is 12.2. The van der Waals surface area contributed by atoms with Crippen molar-refractivity contribution in [3.8, 4) is 0 Å². The lowest BCUT2D eigenvalue weighted by atomic mass is 10.0. The third-order valence-electron chi connectivity index (χ3n) is 12.2. The van der Waals surface area contributed by atoms with Crippen LogP contribution in [0.1, 0.15) is 284 Å². The summed E-state index contributed by atoms with van der Waals surface area (Å²) < 4.78 is 16.8. The quantitative estimate of drug-likeness (QED) is 0.0262. The van der Waals surface area contributed by atoms with Gasteiger partial charge in [-0.15, -0.1) is 0 Å². The Morgan fingerprint density at radius 1 is 0.312 bits per heavy atom. The molecule has 0 aromatic carbocycles. The molecule has 0 fully saturated rings. The van der Waals surface area contributed by atoms with Crippen LogP contribution in [0, 0.1) is 0 Å². The van der Waals surface area contributed by atoms with Crippen LogP contribution in [0.2, 0.25) is 0 Å². The molecule has 0 aliphatic heterocycles. The van der Waals surface area contributed by atoms with Crippen molar-refractivity contribution in [3.63, 3.8) is 0 Å². The monoisotopic (exact) mass is 897 g/mol. The Hall–Kier alpha value is -2.63. The van der Waals surface area contributed by atoms with E-state index >= 15 is 0 Å². The summed E-state index contributed by atoms with van der Waals surface area (Å²) in [6.45, 7) is 6.61. The Morgan fingerprint density at radius 3 is 0.906 bits per heavy atom. The first-order chi connectivity index (χ1) is 31.5. The molecule has 0 heterocycles. The summed E-state index contributed by atoms with van der Waals surface area (Å²) in [5.74, 6) is -0.886. The summed E-state index contributed by atoms with van der Waals surface area (Å²) in [7, 11) is 0. The summed E-state index contributed by atoms with van der Waals surface area (Å²) in [5, 5.41) is 0. The lowest BCUT2D eigenvalue weighted by molar-refractivity contribution is -0.167. The summed E-state index contributed by atoms with van der Waals surface area (Å²) in [5.41, 5.74) is 0. The Morgan fingerprint density at radius 2 is 0.562 bits per heavy atom. The molecule has 0 aliphatic rings. The van der Waals surface area contributed by atoms with Crippen LogP contribution in [0.3, 0.4) is 0 Å². The lowest BCUT2D eigenvalue weighted by Crippen LogP contribution is -2.30. The molecule has 64 heavy (non-hydrogen) atoms. The third kappa shape index (κ3) is 50.4. The smallest absolute Gasteiger partial charge is 0.306 e. The van der Waals surface area contributed by atoms with Crippen LogP contribution < -0.4 is 0 Å². The number of hydrogen-bond acceptors (Lipinski definition) is 6. The highest BCUT2D eigenvalue weighted by molar-refractivity contribution is 5.71. The van der Waals surface area contributed by atoms with Crippen molar-refractivity contribution in [1.29, 1.82) is 0 Å². The SMILES string of the molecule is CCCCC\C=C/C=C\C=C/C=C\CCCCCCCC(=O)OCC(COC(=O)CCCCCCCCCCCCCCC)OC(=O)CCCCCCCCCCCCCCCCC. The van der Waals surface area contributed by atoms with Crippen LogP contribution in [-0.4, -0.2) is 37.2 Å². The van der Waals surface area contributed by atoms with Crippen molar-refractivity contribution in [3.05, 3.63) is 48.6 Å². The fraction of sp³-hybridized carbons (Fsp3) is 0.810. The van der Waals surface area contributed by atoms with Crippen molar-refractivity contribution in [2.75, 3.05) is 13.2 Å². The van der Waals surface area contributed by atoms with Crippen molar-refractivity contribution >= 4 is 17.9 Å². The van der Waals surface area contributed by atoms with E-state index in [4.69, 9.17) is 14.2 Å². The Balaban J connectivity index is 4.39. The molecule has 0 aromatic rings. The highest BCUT2D eigenvalue weighted by Gasteiger charge is 2.19. The Kier molecular flexibility index (Phi) is 50.8. The molecule has 0 saturated carbocycles. The molecule has 0 rings (SSSR count). The van der Waals surface area contributed by atoms with Crippen molar-refractivity contribution < 1.29 is 28.6 Å². The standard InChI is InChI=1S/C58H104O6/c1-4-7-10-13-16-19-22-25-27-28-29-31-33-36-39-42-45-48-51-57(60)63-54-55(53-62-56(59)50-47-44-41-38-35-32-24-21-18-15-12-9-6-3)64-58(61)52-49-46-43-40-37-34-30-26-23-20-17-14-11-8-5-2/h16,19,22,25,27-29,31,55H,4-15,17-18,20-21,23-24,26,30,32-54H2,1-3H3/b19-16-,25-22-,28-27-,31-29-. The first-order valence-corrected chi connectivity index (χ1v) is 27.7. The van der Waals surface area contributed by atoms with Crippen LogP contribution in [0.15, 0.2) is 48.6 Å². The van der Waals surface area contributed by atoms with E-state index in [0.717, 1.165) is 83.5 Å². The van der Waals surface area contributed by atoms with E-state index in [0.29, 0.717) is 19.3 Å². The number of ether oxygens (including phenoxy) is 3. The van der Waals surface area contributed by atoms with Crippen LogP contribution in [-0.2, 0) is 28.6 Å². The number of hydrogen-bond donors (Lipinski definition) is 0. The molecule has 0 bridgehead atoms. The van der Waals surface area contributed by atoms with Gasteiger partial charge in [0, 0.05) is 19.3 Å². The first kappa shape index (κ1) is 61.4. The van der Waals surface area contributed by atoms with E-state index in [9.17, 15) is 14.4 Å². The van der Waals surface area contributed by atoms with Gasteiger partial charge in [-0.05, 0) is 44.9 Å². The second-order valence-electron chi connectivity index (χ2n) is 18.6. The van der Waals surface area contributed by atoms with Gasteiger partial charge in [0.1, 0.15) is 13.2 Å². The molecular formula is C58H104O6. The maximum atomic E-state index is 12.8. The topological polar surface area (TPSA) is 78.9 Å². The van der Waals surface area contributed by atoms with E-state index < -0.39 is 6.10 Å². The van der Waals surface area contributed by atoms with Crippen LogP contribution >= 0.6 is 0 Å². The number of esters is 3. The molecule has 0 aromatic heterocycles. The molecule has 6 heteroatoms. The molecule has 0 N–H and O–H groups in total. The highest BCUT2D eigenvalue weighted by Crippen LogP contribution is 2.16. The minimum absolute atomic E-state index is 0.0768. The molecular weight excluding hydrogens is 793 g/mol. The zero-order valence-electron chi connectivity index (χ0n) is 42.6. The molecule has 372 valence electrons. The minimum Gasteiger partial charge on any atom is -0.462 e. The molecule has 0 radical (unpaired) electrons. The minimum atomic E-state index is -0.778. The van der Waals surface area contributed by atoms with E-state index in [-0.39, 0.29) is 31.1 Å². The van der Waals surface area contributed by atoms with Crippen molar-refractivity contribution in [1.82, 2.24) is 0 Å². The number of unbranched alkanes of at least 4 members (excludes halogenated alkanes) is 34. The van der Waals surface area contributed by atoms with Crippen molar-refractivity contribution in [2.24, 2.45) is 0 Å². The molecule has 1 unspecified atom stereocenters. The molecule has 0 amide bonds. The second kappa shape index (κ2) is 53.0. The van der Waals surface area contributed by atoms with Gasteiger partial charge in [0.2, 0.25) is 0 Å². The number of carbonyl (C=O) groups excluding carboxylic acids is 3. The van der Waals surface area contributed by atoms with Gasteiger partial charge in [0.05, 0.1) is 0 Å². The van der Waals surface area contributed by atoms with Gasteiger partial charge in [0.25, 0.3) is 0 Å². The van der Waals surface area contributed by atoms with E-state index in [2.05, 4.69) is 69.4 Å². The van der Waals surface area contributed by atoms with Gasteiger partial charge in [-0.3, -0.25) is 14.4 Å². The van der Waals surface area contributed by atoms with Gasteiger partial charge in [0.15, 0.2) is 6.10 Å². The number of carbonyl (C=O) groups is 3. The van der Waals surface area contributed by atoms with E-state index in [1.165, 1.54) is 161 Å². The fourth-order valence-electron chi connectivity index (χ4n) is 7.99. The van der Waals surface area contributed by atoms with Crippen LogP contribution in [0.25, 0.3) is 0 Å². The Labute approximate surface area is 397 Å². The lowest BCUT2D eigenvalue weighted by Gasteiger charge is -2.18. The second-order valence-corrected chi connectivity index (χ2v) is 18.6. The average molecular weight is 897 g/mol. The zero-order valence-corrected chi connectivity index (χ0v) is 42.6. The number of allylic oxidation sites excluding steroid dienone is 8. The summed E-state index contributed by atoms with van der Waals surface area (Å²) in [4.78, 5) is 38.1. The normalized spacial score (nSPS) is 12.4. The largest absolute Gasteiger partial charge is 0.462 e. The zero-order chi connectivity index (χ0) is 46.5. The van der Waals surface area contributed by atoms with Gasteiger partial charge in [-0.1, -0.05) is 268 Å². The average Bonchev–Trinajstić information content (AvgIpc) is 3.29. The molecule has 1 atom stereocenters. The molecule has 0 aliphatic carbocycles. The first-order valence-electron chi connectivity index (χ1n) is 27.7. The predicted octanol–water partition coefficient (Wildman–Crippen LogP) is 18.3. The molecule has 0 spiro atoms. The summed E-state index contributed by atoms with van der Waals surface area (Å²) in [6.07, 6.45) is 63.7. The Bertz CT molecular complexity index is 1120. The predicted molar refractivity (Wildman–Crippen MR) is 275 cm³/mol. The van der Waals surface area contributed by atoms with Gasteiger partial charge in [-0.25, -0.2) is 0 Å². The van der Waals surface area contributed by atoms with E-state index in [1.807, 2.05) is 0 Å². The van der Waals surface area contributed by atoms with Gasteiger partial charge >= 0.3 is 17.9 Å². The summed E-state index contributed by atoms with van der Waals surface area (Å²) in [6, 6.07) is 0. The molecule has 0 saturated heterocycles. The maximum absolute atomic E-state index is 12.8. The molecule has 6 nitrogen and oxygen atoms in total. The fourth-order valence-corrected chi connectivity index (χ4v) is 7.99. The number of rotatable bonds is 50. The highest BCUT2D eigenvalue weighted by atomic mass is 16.6. The van der Waals surface area contributed by atoms with E-state index in [1.54, 1.807) is 0 Å². The summed E-state index contributed by atoms with van der Waals surface area (Å²) >= 11 is 0. The maximum Gasteiger partial charge on any atom is 0.306 e.